The molecule has 2 saturated heterocycles. The van der Waals surface area contributed by atoms with Gasteiger partial charge in [-0.25, -0.2) is 15.0 Å². The Morgan fingerprint density at radius 2 is 1.93 bits per heavy atom. The van der Waals surface area contributed by atoms with Crippen molar-refractivity contribution in [3.05, 3.63) is 35.5 Å². The first-order valence-corrected chi connectivity index (χ1v) is 10.3. The first-order chi connectivity index (χ1) is 14.1. The predicted molar refractivity (Wildman–Crippen MR) is 110 cm³/mol. The molecule has 4 heterocycles. The van der Waals surface area contributed by atoms with E-state index in [-0.39, 0.29) is 6.61 Å². The second kappa shape index (κ2) is 7.07. The molecular weight excluding hydrogens is 368 g/mol. The van der Waals surface area contributed by atoms with E-state index >= 15 is 0 Å². The lowest BCUT2D eigenvalue weighted by atomic mass is 9.78. The van der Waals surface area contributed by atoms with E-state index in [1.54, 1.807) is 0 Å². The largest absolute Gasteiger partial charge is 0.441 e. The standard InChI is InChI=1S/C22H26N4O3/c1-14-20(16-3-4-17-19(11-16)29-15(2)24-17)25-18(12-27)21(23-14)26-8-5-22(6-9-26)7-10-28-13-22/h3-4,11,27H,5-10,12-13H2,1-2H3. The Bertz CT molecular complexity index is 1050. The number of fused-ring (bicyclic) bond motifs is 1. The highest BCUT2D eigenvalue weighted by Crippen LogP contribution is 2.40. The molecule has 0 unspecified atom stereocenters. The van der Waals surface area contributed by atoms with Crippen LogP contribution in [0.5, 0.6) is 0 Å². The van der Waals surface area contributed by atoms with Crippen LogP contribution < -0.4 is 4.90 Å². The summed E-state index contributed by atoms with van der Waals surface area (Å²) in [5, 5.41) is 10.0. The highest BCUT2D eigenvalue weighted by molar-refractivity contribution is 5.80. The zero-order chi connectivity index (χ0) is 20.0. The van der Waals surface area contributed by atoms with E-state index in [0.29, 0.717) is 17.0 Å². The fourth-order valence-electron chi connectivity index (χ4n) is 4.60. The summed E-state index contributed by atoms with van der Waals surface area (Å²) in [7, 11) is 0. The molecule has 0 atom stereocenters. The van der Waals surface area contributed by atoms with Gasteiger partial charge in [0.1, 0.15) is 11.2 Å². The monoisotopic (exact) mass is 394 g/mol. The Morgan fingerprint density at radius 1 is 1.10 bits per heavy atom. The lowest BCUT2D eigenvalue weighted by molar-refractivity contribution is 0.133. The molecule has 7 nitrogen and oxygen atoms in total. The van der Waals surface area contributed by atoms with Crippen molar-refractivity contribution in [1.29, 1.82) is 0 Å². The highest BCUT2D eigenvalue weighted by atomic mass is 16.5. The number of oxazole rings is 1. The van der Waals surface area contributed by atoms with Crippen LogP contribution in [-0.2, 0) is 11.3 Å². The number of aliphatic hydroxyl groups is 1. The number of aliphatic hydroxyl groups excluding tert-OH is 1. The molecule has 29 heavy (non-hydrogen) atoms. The van der Waals surface area contributed by atoms with Crippen LogP contribution in [0.4, 0.5) is 5.82 Å². The Kier molecular flexibility index (Phi) is 4.52. The van der Waals surface area contributed by atoms with Crippen molar-refractivity contribution < 1.29 is 14.3 Å². The molecule has 2 aromatic heterocycles. The van der Waals surface area contributed by atoms with E-state index in [1.165, 1.54) is 0 Å². The number of aryl methyl sites for hydroxylation is 2. The maximum absolute atomic E-state index is 10.0. The van der Waals surface area contributed by atoms with Crippen molar-refractivity contribution in [3.8, 4) is 11.3 Å². The number of piperidine rings is 1. The number of nitrogens with zero attached hydrogens (tertiary/aromatic N) is 4. The molecule has 2 aliphatic heterocycles. The van der Waals surface area contributed by atoms with Crippen molar-refractivity contribution in [3.63, 3.8) is 0 Å². The van der Waals surface area contributed by atoms with Crippen LogP contribution in [0.25, 0.3) is 22.4 Å². The molecule has 1 aromatic carbocycles. The number of anilines is 1. The van der Waals surface area contributed by atoms with Gasteiger partial charge in [-0.2, -0.15) is 0 Å². The lowest BCUT2D eigenvalue weighted by Gasteiger charge is -2.39. The van der Waals surface area contributed by atoms with Gasteiger partial charge in [-0.3, -0.25) is 0 Å². The summed E-state index contributed by atoms with van der Waals surface area (Å²) >= 11 is 0. The summed E-state index contributed by atoms with van der Waals surface area (Å²) in [6, 6.07) is 5.85. The van der Waals surface area contributed by atoms with Gasteiger partial charge in [-0.05, 0) is 43.7 Å². The first kappa shape index (κ1) is 18.5. The molecule has 0 bridgehead atoms. The maximum Gasteiger partial charge on any atom is 0.192 e. The van der Waals surface area contributed by atoms with Gasteiger partial charge in [-0.15, -0.1) is 0 Å². The second-order valence-electron chi connectivity index (χ2n) is 8.29. The molecule has 7 heteroatoms. The van der Waals surface area contributed by atoms with Gasteiger partial charge in [0, 0.05) is 32.2 Å². The summed E-state index contributed by atoms with van der Waals surface area (Å²) in [5.41, 5.74) is 5.05. The van der Waals surface area contributed by atoms with Crippen LogP contribution >= 0.6 is 0 Å². The molecule has 1 N–H and O–H groups in total. The molecule has 0 amide bonds. The fraction of sp³-hybridized carbons (Fsp3) is 0.500. The van der Waals surface area contributed by atoms with Gasteiger partial charge in [0.15, 0.2) is 17.3 Å². The number of hydrogen-bond donors (Lipinski definition) is 1. The molecule has 3 aromatic rings. The number of rotatable bonds is 3. The van der Waals surface area contributed by atoms with Crippen molar-refractivity contribution in [2.45, 2.75) is 39.7 Å². The Labute approximate surface area is 169 Å². The van der Waals surface area contributed by atoms with Crippen LogP contribution in [0.15, 0.2) is 22.6 Å². The van der Waals surface area contributed by atoms with Gasteiger partial charge in [0.25, 0.3) is 0 Å². The molecular formula is C22H26N4O3. The second-order valence-corrected chi connectivity index (χ2v) is 8.29. The number of benzene rings is 1. The third kappa shape index (κ3) is 3.28. The minimum absolute atomic E-state index is 0.135. The molecule has 0 aliphatic carbocycles. The van der Waals surface area contributed by atoms with Crippen molar-refractivity contribution >= 4 is 16.9 Å². The molecule has 0 radical (unpaired) electrons. The van der Waals surface area contributed by atoms with Gasteiger partial charge in [-0.1, -0.05) is 6.07 Å². The summed E-state index contributed by atoms with van der Waals surface area (Å²) < 4.78 is 11.3. The maximum atomic E-state index is 10.0. The topological polar surface area (TPSA) is 84.5 Å². The molecule has 2 fully saturated rings. The first-order valence-electron chi connectivity index (χ1n) is 10.3. The number of aromatic nitrogens is 3. The van der Waals surface area contributed by atoms with Gasteiger partial charge in [0.2, 0.25) is 0 Å². The van der Waals surface area contributed by atoms with Crippen LogP contribution in [0.2, 0.25) is 0 Å². The zero-order valence-corrected chi connectivity index (χ0v) is 16.9. The molecule has 5 rings (SSSR count). The van der Waals surface area contributed by atoms with E-state index < -0.39 is 0 Å². The Hall–Kier alpha value is -2.51. The van der Waals surface area contributed by atoms with E-state index in [1.807, 2.05) is 32.0 Å². The quantitative estimate of drug-likeness (QED) is 0.729. The summed E-state index contributed by atoms with van der Waals surface area (Å²) in [6.07, 6.45) is 3.35. The SMILES string of the molecule is Cc1nc2ccc(-c3nc(CO)c(N4CCC5(CCOC5)CC4)nc3C)cc2o1. The molecule has 152 valence electrons. The van der Waals surface area contributed by atoms with Gasteiger partial charge in [0.05, 0.1) is 24.6 Å². The summed E-state index contributed by atoms with van der Waals surface area (Å²) in [5.74, 6) is 1.45. The average molecular weight is 394 g/mol. The predicted octanol–water partition coefficient (Wildman–Crippen LogP) is 3.40. The van der Waals surface area contributed by atoms with Crippen LogP contribution in [0.3, 0.4) is 0 Å². The minimum atomic E-state index is -0.135. The van der Waals surface area contributed by atoms with E-state index in [2.05, 4.69) is 9.88 Å². The average Bonchev–Trinajstić information content (AvgIpc) is 3.33. The Morgan fingerprint density at radius 3 is 2.66 bits per heavy atom. The van der Waals surface area contributed by atoms with Crippen LogP contribution in [0, 0.1) is 19.3 Å². The van der Waals surface area contributed by atoms with Crippen LogP contribution in [0.1, 0.15) is 36.5 Å². The minimum Gasteiger partial charge on any atom is -0.441 e. The Balaban J connectivity index is 1.46. The van der Waals surface area contributed by atoms with Crippen molar-refractivity contribution in [1.82, 2.24) is 15.0 Å². The van der Waals surface area contributed by atoms with E-state index in [0.717, 1.165) is 79.4 Å². The van der Waals surface area contributed by atoms with E-state index in [4.69, 9.17) is 19.1 Å². The summed E-state index contributed by atoms with van der Waals surface area (Å²) in [4.78, 5) is 16.3. The zero-order valence-electron chi connectivity index (χ0n) is 16.9. The molecule has 1 spiro atoms. The lowest BCUT2D eigenvalue weighted by Crippen LogP contribution is -2.41. The third-order valence-electron chi connectivity index (χ3n) is 6.35. The van der Waals surface area contributed by atoms with Gasteiger partial charge >= 0.3 is 0 Å². The van der Waals surface area contributed by atoms with E-state index in [9.17, 15) is 5.11 Å². The van der Waals surface area contributed by atoms with Gasteiger partial charge < -0.3 is 19.2 Å². The van der Waals surface area contributed by atoms with Crippen LogP contribution in [-0.4, -0.2) is 46.4 Å². The van der Waals surface area contributed by atoms with Crippen molar-refractivity contribution in [2.24, 2.45) is 5.41 Å². The normalized spacial score (nSPS) is 18.8. The molecule has 0 saturated carbocycles. The smallest absolute Gasteiger partial charge is 0.192 e. The summed E-state index contributed by atoms with van der Waals surface area (Å²) in [6.45, 7) is 7.28. The highest BCUT2D eigenvalue weighted by Gasteiger charge is 2.38. The third-order valence-corrected chi connectivity index (χ3v) is 6.35. The van der Waals surface area contributed by atoms with Crippen molar-refractivity contribution in [2.75, 3.05) is 31.2 Å². The number of hydrogen-bond acceptors (Lipinski definition) is 7. The number of ether oxygens (including phenoxy) is 1. The molecule has 2 aliphatic rings. The fourth-order valence-corrected chi connectivity index (χ4v) is 4.60.